The van der Waals surface area contributed by atoms with Crippen molar-refractivity contribution in [2.75, 3.05) is 45.8 Å². The number of carbonyl (C=O) groups is 2. The molecule has 2 saturated heterocycles. The first kappa shape index (κ1) is 23.2. The van der Waals surface area contributed by atoms with E-state index in [1.165, 1.54) is 45.6 Å². The number of amides is 2. The third kappa shape index (κ3) is 6.32. The molecule has 2 amide bonds. The molecule has 1 aromatic carbocycles. The third-order valence-electron chi connectivity index (χ3n) is 7.44. The van der Waals surface area contributed by atoms with E-state index in [1.807, 2.05) is 23.5 Å². The smallest absolute Gasteiger partial charge is 0.226 e. The van der Waals surface area contributed by atoms with Crippen LogP contribution < -0.4 is 5.73 Å². The highest BCUT2D eigenvalue weighted by Crippen LogP contribution is 2.30. The lowest BCUT2D eigenvalue weighted by atomic mass is 9.97. The molecule has 0 atom stereocenters. The quantitative estimate of drug-likeness (QED) is 0.639. The van der Waals surface area contributed by atoms with Gasteiger partial charge in [-0.1, -0.05) is 25.1 Å². The van der Waals surface area contributed by atoms with Crippen LogP contribution in [0.3, 0.4) is 0 Å². The molecule has 6 nitrogen and oxygen atoms in total. The van der Waals surface area contributed by atoms with Crippen molar-refractivity contribution in [2.24, 2.45) is 11.7 Å². The number of hydrogen-bond donors (Lipinski definition) is 1. The number of aryl methyl sites for hydroxylation is 1. The van der Waals surface area contributed by atoms with Crippen LogP contribution in [0.4, 0.5) is 0 Å². The number of rotatable bonds is 9. The zero-order chi connectivity index (χ0) is 22.5. The summed E-state index contributed by atoms with van der Waals surface area (Å²) in [5, 5.41) is 0. The van der Waals surface area contributed by atoms with Crippen molar-refractivity contribution >= 4 is 11.8 Å². The van der Waals surface area contributed by atoms with Crippen LogP contribution in [0, 0.1) is 12.3 Å². The van der Waals surface area contributed by atoms with Crippen LogP contribution in [0.1, 0.15) is 49.3 Å². The first-order chi connectivity index (χ1) is 15.5. The number of hydrogen-bond acceptors (Lipinski definition) is 4. The molecule has 1 radical (unpaired) electrons. The molecule has 1 aliphatic carbocycles. The van der Waals surface area contributed by atoms with Crippen molar-refractivity contribution in [3.05, 3.63) is 41.3 Å². The van der Waals surface area contributed by atoms with Gasteiger partial charge >= 0.3 is 0 Å². The Hall–Kier alpha value is -1.92. The van der Waals surface area contributed by atoms with Gasteiger partial charge in [0.05, 0.1) is 12.8 Å². The molecular formula is C26H39N4O2. The van der Waals surface area contributed by atoms with Gasteiger partial charge in [-0.2, -0.15) is 0 Å². The van der Waals surface area contributed by atoms with Crippen molar-refractivity contribution in [1.82, 2.24) is 14.7 Å². The SMILES string of the molecule is CCc1cc(C[CH]C(=O)N2CCC(N3CCN(CC4CC4)CC3)CC2)ccc1CC(N)=O. The van der Waals surface area contributed by atoms with Crippen LogP contribution in [0.2, 0.25) is 0 Å². The van der Waals surface area contributed by atoms with Gasteiger partial charge in [0.2, 0.25) is 11.8 Å². The van der Waals surface area contributed by atoms with Gasteiger partial charge in [-0.15, -0.1) is 0 Å². The molecule has 0 aromatic heterocycles. The predicted molar refractivity (Wildman–Crippen MR) is 127 cm³/mol. The monoisotopic (exact) mass is 439 g/mol. The fourth-order valence-electron chi connectivity index (χ4n) is 5.26. The molecule has 4 rings (SSSR count). The average Bonchev–Trinajstić information content (AvgIpc) is 3.62. The summed E-state index contributed by atoms with van der Waals surface area (Å²) in [6.45, 7) is 9.90. The second kappa shape index (κ2) is 10.8. The van der Waals surface area contributed by atoms with Crippen molar-refractivity contribution in [3.8, 4) is 0 Å². The minimum atomic E-state index is -0.308. The maximum atomic E-state index is 12.8. The van der Waals surface area contributed by atoms with E-state index in [-0.39, 0.29) is 18.2 Å². The summed E-state index contributed by atoms with van der Waals surface area (Å²) in [6.07, 6.45) is 8.62. The number of piperazine rings is 1. The molecule has 1 saturated carbocycles. The Balaban J connectivity index is 1.19. The second-order valence-corrected chi connectivity index (χ2v) is 9.84. The number of nitrogens with two attached hydrogens (primary N) is 1. The molecule has 1 aromatic rings. The number of piperidine rings is 1. The van der Waals surface area contributed by atoms with Crippen molar-refractivity contribution in [2.45, 2.75) is 57.9 Å². The maximum Gasteiger partial charge on any atom is 0.226 e. The third-order valence-corrected chi connectivity index (χ3v) is 7.44. The fourth-order valence-corrected chi connectivity index (χ4v) is 5.26. The molecule has 3 fully saturated rings. The molecule has 32 heavy (non-hydrogen) atoms. The number of carbonyl (C=O) groups excluding carboxylic acids is 2. The van der Waals surface area contributed by atoms with Crippen molar-refractivity contribution in [1.29, 1.82) is 0 Å². The van der Waals surface area contributed by atoms with E-state index in [0.29, 0.717) is 12.5 Å². The Bertz CT molecular complexity index is 791. The summed E-state index contributed by atoms with van der Waals surface area (Å²) in [7, 11) is 0. The molecule has 0 bridgehead atoms. The molecule has 3 aliphatic rings. The maximum absolute atomic E-state index is 12.8. The standard InChI is InChI=1S/C26H39N4O2/c1-2-22-17-20(5-7-23(22)18-25(27)31)6-8-26(32)30-11-9-24(10-12-30)29-15-13-28(14-16-29)19-21-3-4-21/h5,7-8,17,21,24H,2-4,6,9-16,18-19H2,1H3,(H2,27,31). The van der Waals surface area contributed by atoms with E-state index in [0.717, 1.165) is 55.0 Å². The van der Waals surface area contributed by atoms with Crippen LogP contribution in [0.25, 0.3) is 0 Å². The first-order valence-electron chi connectivity index (χ1n) is 12.5. The average molecular weight is 440 g/mol. The minimum absolute atomic E-state index is 0.150. The van der Waals surface area contributed by atoms with Gasteiger partial charge in [0.25, 0.3) is 0 Å². The highest BCUT2D eigenvalue weighted by molar-refractivity contribution is 5.85. The lowest BCUT2D eigenvalue weighted by molar-refractivity contribution is -0.129. The van der Waals surface area contributed by atoms with Gasteiger partial charge in [0, 0.05) is 51.9 Å². The van der Waals surface area contributed by atoms with E-state index >= 15 is 0 Å². The van der Waals surface area contributed by atoms with E-state index in [1.54, 1.807) is 0 Å². The Morgan fingerprint density at radius 1 is 1.00 bits per heavy atom. The van der Waals surface area contributed by atoms with Gasteiger partial charge in [-0.25, -0.2) is 0 Å². The van der Waals surface area contributed by atoms with Gasteiger partial charge in [-0.3, -0.25) is 14.5 Å². The lowest BCUT2D eigenvalue weighted by Crippen LogP contribution is -2.54. The molecule has 175 valence electrons. The van der Waals surface area contributed by atoms with Gasteiger partial charge in [0.1, 0.15) is 0 Å². The Labute approximate surface area is 193 Å². The van der Waals surface area contributed by atoms with E-state index in [2.05, 4.69) is 22.8 Å². The zero-order valence-corrected chi connectivity index (χ0v) is 19.6. The van der Waals surface area contributed by atoms with E-state index in [9.17, 15) is 9.59 Å². The topological polar surface area (TPSA) is 69.9 Å². The highest BCUT2D eigenvalue weighted by atomic mass is 16.2. The molecular weight excluding hydrogens is 400 g/mol. The van der Waals surface area contributed by atoms with Crippen LogP contribution in [0.15, 0.2) is 18.2 Å². The molecule has 2 aliphatic heterocycles. The van der Waals surface area contributed by atoms with Gasteiger partial charge in [0.15, 0.2) is 0 Å². The second-order valence-electron chi connectivity index (χ2n) is 9.84. The number of likely N-dealkylation sites (tertiary alicyclic amines) is 1. The summed E-state index contributed by atoms with van der Waals surface area (Å²) in [6, 6.07) is 6.73. The lowest BCUT2D eigenvalue weighted by Gasteiger charge is -2.42. The predicted octanol–water partition coefficient (Wildman–Crippen LogP) is 2.04. The number of benzene rings is 1. The summed E-state index contributed by atoms with van der Waals surface area (Å²) in [5.41, 5.74) is 8.59. The number of primary amides is 1. The van der Waals surface area contributed by atoms with Crippen LogP contribution in [-0.4, -0.2) is 78.4 Å². The normalized spacial score (nSPS) is 21.1. The molecule has 6 heteroatoms. The summed E-state index contributed by atoms with van der Waals surface area (Å²) in [5.74, 6) is 0.823. The summed E-state index contributed by atoms with van der Waals surface area (Å²) < 4.78 is 0. The first-order valence-corrected chi connectivity index (χ1v) is 12.5. The minimum Gasteiger partial charge on any atom is -0.369 e. The van der Waals surface area contributed by atoms with Crippen LogP contribution in [0.5, 0.6) is 0 Å². The Morgan fingerprint density at radius 2 is 1.72 bits per heavy atom. The Morgan fingerprint density at radius 3 is 2.34 bits per heavy atom. The van der Waals surface area contributed by atoms with Gasteiger partial charge < -0.3 is 15.5 Å². The number of nitrogens with zero attached hydrogens (tertiary/aromatic N) is 3. The summed E-state index contributed by atoms with van der Waals surface area (Å²) in [4.78, 5) is 31.3. The van der Waals surface area contributed by atoms with E-state index in [4.69, 9.17) is 5.73 Å². The van der Waals surface area contributed by atoms with E-state index < -0.39 is 0 Å². The van der Waals surface area contributed by atoms with Crippen molar-refractivity contribution < 1.29 is 9.59 Å². The van der Waals surface area contributed by atoms with Crippen LogP contribution in [-0.2, 0) is 28.9 Å². The summed E-state index contributed by atoms with van der Waals surface area (Å²) >= 11 is 0. The molecule has 0 unspecified atom stereocenters. The highest BCUT2D eigenvalue weighted by Gasteiger charge is 2.31. The zero-order valence-electron chi connectivity index (χ0n) is 19.6. The molecule has 2 heterocycles. The molecule has 0 spiro atoms. The van der Waals surface area contributed by atoms with Crippen molar-refractivity contribution in [3.63, 3.8) is 0 Å². The van der Waals surface area contributed by atoms with Gasteiger partial charge in [-0.05, 0) is 61.1 Å². The fraction of sp³-hybridized carbons (Fsp3) is 0.654. The Kier molecular flexibility index (Phi) is 7.84. The van der Waals surface area contributed by atoms with Crippen LogP contribution >= 0.6 is 0 Å². The molecule has 2 N–H and O–H groups in total. The largest absolute Gasteiger partial charge is 0.369 e.